The van der Waals surface area contributed by atoms with E-state index >= 15 is 0 Å². The Morgan fingerprint density at radius 3 is 1.82 bits per heavy atom. The van der Waals surface area contributed by atoms with Crippen LogP contribution in [0.1, 0.15) is 67.7 Å². The van der Waals surface area contributed by atoms with Crippen molar-refractivity contribution >= 4 is 8.25 Å². The van der Waals surface area contributed by atoms with Gasteiger partial charge in [0.2, 0.25) is 0 Å². The van der Waals surface area contributed by atoms with Gasteiger partial charge in [-0.15, -0.1) is 0 Å². The lowest BCUT2D eigenvalue weighted by molar-refractivity contribution is -0.0621. The van der Waals surface area contributed by atoms with E-state index in [2.05, 4.69) is 41.5 Å². The van der Waals surface area contributed by atoms with Crippen molar-refractivity contribution in [1.29, 1.82) is 0 Å². The lowest BCUT2D eigenvalue weighted by atomic mass is 9.66. The van der Waals surface area contributed by atoms with E-state index in [1.807, 2.05) is 6.92 Å². The molecular weight excluding hydrogens is 235 g/mol. The van der Waals surface area contributed by atoms with Gasteiger partial charge in [-0.2, -0.15) is 0 Å². The molecule has 0 heterocycles. The van der Waals surface area contributed by atoms with E-state index in [9.17, 15) is 4.57 Å². The fourth-order valence-electron chi connectivity index (χ4n) is 2.02. The van der Waals surface area contributed by atoms with E-state index in [1.165, 1.54) is 0 Å². The summed E-state index contributed by atoms with van der Waals surface area (Å²) < 4.78 is 16.5. The molecule has 0 aliphatic heterocycles. The molecule has 3 nitrogen and oxygen atoms in total. The molecule has 0 aliphatic carbocycles. The molecule has 0 saturated carbocycles. The van der Waals surface area contributed by atoms with Crippen molar-refractivity contribution in [3.8, 4) is 0 Å². The smallest absolute Gasteiger partial charge is 0.317 e. The second kappa shape index (κ2) is 5.86. The highest BCUT2D eigenvalue weighted by Crippen LogP contribution is 2.48. The summed E-state index contributed by atoms with van der Waals surface area (Å²) in [7, 11) is -2.91. The summed E-state index contributed by atoms with van der Waals surface area (Å²) in [5.41, 5.74) is -0.576. The normalized spacial score (nSPS) is 18.8. The van der Waals surface area contributed by atoms with Gasteiger partial charge in [0, 0.05) is 0 Å². The molecular formula is C13H29O3P. The predicted octanol–water partition coefficient (Wildman–Crippen LogP) is 4.41. The van der Waals surface area contributed by atoms with Crippen LogP contribution in [0, 0.1) is 10.8 Å². The average Bonchev–Trinajstić information content (AvgIpc) is 2.15. The zero-order valence-corrected chi connectivity index (χ0v) is 13.4. The van der Waals surface area contributed by atoms with Crippen LogP contribution in [-0.2, 0) is 9.09 Å². The Labute approximate surface area is 107 Å². The quantitative estimate of drug-likeness (QED) is 0.693. The molecule has 2 atom stereocenters. The zero-order chi connectivity index (χ0) is 13.9. The second-order valence-corrected chi connectivity index (χ2v) is 7.27. The average molecular weight is 264 g/mol. The van der Waals surface area contributed by atoms with E-state index in [1.54, 1.807) is 0 Å². The molecule has 0 rings (SSSR count). The largest absolute Gasteiger partial charge is 0.326 e. The minimum atomic E-state index is -2.91. The Hall–Kier alpha value is 0.150. The van der Waals surface area contributed by atoms with Crippen molar-refractivity contribution in [3.05, 3.63) is 0 Å². The summed E-state index contributed by atoms with van der Waals surface area (Å²) >= 11 is 0. The molecule has 0 aliphatic rings. The third kappa shape index (κ3) is 4.73. The van der Waals surface area contributed by atoms with Gasteiger partial charge in [-0.1, -0.05) is 48.0 Å². The third-order valence-corrected chi connectivity index (χ3v) is 5.03. The van der Waals surface area contributed by atoms with Crippen molar-refractivity contribution in [2.24, 2.45) is 10.8 Å². The van der Waals surface area contributed by atoms with Gasteiger partial charge in [-0.3, -0.25) is 4.57 Å². The first kappa shape index (κ1) is 17.2. The summed E-state index contributed by atoms with van der Waals surface area (Å²) in [5.74, 6) is 0. The van der Waals surface area contributed by atoms with Crippen molar-refractivity contribution in [1.82, 2.24) is 0 Å². The van der Waals surface area contributed by atoms with Gasteiger partial charge in [0.15, 0.2) is 0 Å². The van der Waals surface area contributed by atoms with Crippen LogP contribution in [0.5, 0.6) is 0 Å². The Kier molecular flexibility index (Phi) is 5.91. The first-order chi connectivity index (χ1) is 7.49. The van der Waals surface area contributed by atoms with E-state index < -0.39 is 13.9 Å². The molecule has 104 valence electrons. The molecule has 0 aromatic heterocycles. The Morgan fingerprint density at radius 2 is 1.53 bits per heavy atom. The fraction of sp³-hybridized carbons (Fsp3) is 1.00. The Morgan fingerprint density at radius 1 is 1.06 bits per heavy atom. The van der Waals surface area contributed by atoms with E-state index in [-0.39, 0.29) is 10.8 Å². The lowest BCUT2D eigenvalue weighted by Crippen LogP contribution is -2.45. The molecule has 4 heteroatoms. The zero-order valence-electron chi connectivity index (χ0n) is 12.4. The van der Waals surface area contributed by atoms with Crippen LogP contribution in [-0.4, -0.2) is 10.5 Å². The van der Waals surface area contributed by atoms with Crippen molar-refractivity contribution in [3.63, 3.8) is 0 Å². The van der Waals surface area contributed by atoms with Crippen molar-refractivity contribution in [2.45, 2.75) is 73.3 Å². The molecule has 0 fully saturated rings. The summed E-state index contributed by atoms with van der Waals surface area (Å²) in [4.78, 5) is 9.14. The van der Waals surface area contributed by atoms with Crippen molar-refractivity contribution in [2.75, 3.05) is 0 Å². The molecule has 0 aromatic rings. The maximum absolute atomic E-state index is 11.1. The van der Waals surface area contributed by atoms with Gasteiger partial charge < -0.3 is 9.42 Å². The standard InChI is InChI=1S/C13H29O3P/c1-8-11(3,4)10-13(7,16-17(14)15)12(5,6)9-2/h17H,8-10H2,1-7H3,(H,14,15). The van der Waals surface area contributed by atoms with Crippen LogP contribution in [0.25, 0.3) is 0 Å². The van der Waals surface area contributed by atoms with Crippen LogP contribution < -0.4 is 0 Å². The summed E-state index contributed by atoms with van der Waals surface area (Å²) in [6.45, 7) is 14.8. The van der Waals surface area contributed by atoms with Gasteiger partial charge in [-0.05, 0) is 30.6 Å². The molecule has 2 unspecified atom stereocenters. The Balaban J connectivity index is 5.18. The van der Waals surface area contributed by atoms with Crippen LogP contribution in [0.4, 0.5) is 0 Å². The molecule has 0 radical (unpaired) electrons. The summed E-state index contributed by atoms with van der Waals surface area (Å²) in [5, 5.41) is 0. The minimum absolute atomic E-state index is 0.110. The second-order valence-electron chi connectivity index (χ2n) is 6.53. The first-order valence-electron chi connectivity index (χ1n) is 6.41. The highest BCUT2D eigenvalue weighted by Gasteiger charge is 2.45. The Bertz CT molecular complexity index is 274. The number of hydrogen-bond donors (Lipinski definition) is 1. The van der Waals surface area contributed by atoms with E-state index in [0.717, 1.165) is 19.3 Å². The van der Waals surface area contributed by atoms with E-state index in [4.69, 9.17) is 9.42 Å². The first-order valence-corrected chi connectivity index (χ1v) is 7.68. The fourth-order valence-corrected chi connectivity index (χ4v) is 2.75. The van der Waals surface area contributed by atoms with Crippen LogP contribution in [0.2, 0.25) is 0 Å². The van der Waals surface area contributed by atoms with Gasteiger partial charge in [0.1, 0.15) is 0 Å². The van der Waals surface area contributed by atoms with Gasteiger partial charge in [-0.25, -0.2) is 0 Å². The third-order valence-electron chi connectivity index (χ3n) is 4.40. The molecule has 17 heavy (non-hydrogen) atoms. The maximum atomic E-state index is 11.1. The molecule has 1 N–H and O–H groups in total. The highest BCUT2D eigenvalue weighted by molar-refractivity contribution is 7.32. The highest BCUT2D eigenvalue weighted by atomic mass is 31.1. The van der Waals surface area contributed by atoms with Crippen LogP contribution >= 0.6 is 8.25 Å². The minimum Gasteiger partial charge on any atom is -0.326 e. The van der Waals surface area contributed by atoms with E-state index in [0.29, 0.717) is 0 Å². The monoisotopic (exact) mass is 264 g/mol. The lowest BCUT2D eigenvalue weighted by Gasteiger charge is -2.46. The summed E-state index contributed by atoms with van der Waals surface area (Å²) in [6.07, 6.45) is 2.73. The van der Waals surface area contributed by atoms with Gasteiger partial charge >= 0.3 is 8.25 Å². The topological polar surface area (TPSA) is 46.5 Å². The molecule has 0 bridgehead atoms. The van der Waals surface area contributed by atoms with Crippen LogP contribution in [0.15, 0.2) is 0 Å². The predicted molar refractivity (Wildman–Crippen MR) is 73.5 cm³/mol. The van der Waals surface area contributed by atoms with Gasteiger partial charge in [0.05, 0.1) is 5.60 Å². The number of hydrogen-bond acceptors (Lipinski definition) is 2. The number of rotatable bonds is 7. The molecule has 0 spiro atoms. The molecule has 0 saturated heterocycles. The maximum Gasteiger partial charge on any atom is 0.317 e. The molecule has 0 amide bonds. The van der Waals surface area contributed by atoms with Crippen LogP contribution in [0.3, 0.4) is 0 Å². The molecule has 0 aromatic carbocycles. The van der Waals surface area contributed by atoms with Crippen molar-refractivity contribution < 1.29 is 14.0 Å². The SMILES string of the molecule is CCC(C)(C)CC(C)(O[PH](=O)O)C(C)(C)CC. The van der Waals surface area contributed by atoms with Gasteiger partial charge in [0.25, 0.3) is 0 Å². The summed E-state index contributed by atoms with van der Waals surface area (Å²) in [6, 6.07) is 0.